The van der Waals surface area contributed by atoms with Crippen LogP contribution >= 0.6 is 12.2 Å². The zero-order valence-corrected chi connectivity index (χ0v) is 8.59. The molecule has 1 heterocycles. The first-order chi connectivity index (χ1) is 7.22. The monoisotopic (exact) mass is 224 g/mol. The molecule has 0 radical (unpaired) electrons. The van der Waals surface area contributed by atoms with E-state index in [4.69, 9.17) is 18.0 Å². The summed E-state index contributed by atoms with van der Waals surface area (Å²) < 4.78 is 14.8. The Balaban J connectivity index is 2.57. The third kappa shape index (κ3) is 1.81. The number of aromatic amines is 1. The predicted molar refractivity (Wildman–Crippen MR) is 56.6 cm³/mol. The van der Waals surface area contributed by atoms with Gasteiger partial charge in [0, 0.05) is 5.69 Å². The summed E-state index contributed by atoms with van der Waals surface area (Å²) in [5.41, 5.74) is 6.25. The molecule has 0 aliphatic heterocycles. The third-order valence-corrected chi connectivity index (χ3v) is 2.28. The molecular weight excluding hydrogens is 215 g/mol. The predicted octanol–water partition coefficient (Wildman–Crippen LogP) is 1.53. The Labute approximate surface area is 90.5 Å². The smallest absolute Gasteiger partial charge is 0.199 e. The van der Waals surface area contributed by atoms with Gasteiger partial charge in [0.2, 0.25) is 0 Å². The molecule has 2 aromatic rings. The van der Waals surface area contributed by atoms with E-state index >= 15 is 0 Å². The minimum atomic E-state index is -0.289. The average Bonchev–Trinajstić information content (AvgIpc) is 2.61. The van der Waals surface area contributed by atoms with Crippen molar-refractivity contribution in [2.75, 3.05) is 0 Å². The second-order valence-corrected chi connectivity index (χ2v) is 3.35. The number of hydrogen-bond acceptors (Lipinski definition) is 3. The fourth-order valence-corrected chi connectivity index (χ4v) is 1.58. The lowest BCUT2D eigenvalue weighted by molar-refractivity contribution is 0.627. The van der Waals surface area contributed by atoms with Gasteiger partial charge in [-0.25, -0.2) is 4.39 Å². The summed E-state index contributed by atoms with van der Waals surface area (Å²) >= 11 is 5.05. The highest BCUT2D eigenvalue weighted by atomic mass is 32.1. The Morgan fingerprint density at radius 3 is 2.67 bits per heavy atom. The van der Waals surface area contributed by atoms with Crippen LogP contribution in [0.2, 0.25) is 0 Å². The van der Waals surface area contributed by atoms with Crippen molar-refractivity contribution in [3.8, 4) is 5.69 Å². The van der Waals surface area contributed by atoms with Crippen molar-refractivity contribution in [2.45, 2.75) is 6.54 Å². The maximum atomic E-state index is 12.7. The van der Waals surface area contributed by atoms with Crippen LogP contribution in [0.25, 0.3) is 5.69 Å². The molecule has 3 N–H and O–H groups in total. The van der Waals surface area contributed by atoms with Gasteiger partial charge in [-0.1, -0.05) is 0 Å². The van der Waals surface area contributed by atoms with Crippen molar-refractivity contribution >= 4 is 12.2 Å². The molecule has 0 aliphatic carbocycles. The van der Waals surface area contributed by atoms with Crippen LogP contribution in [0.15, 0.2) is 24.3 Å². The molecule has 4 nitrogen and oxygen atoms in total. The summed E-state index contributed by atoms with van der Waals surface area (Å²) in [5, 5.41) is 6.60. The van der Waals surface area contributed by atoms with E-state index in [1.807, 2.05) is 0 Å². The van der Waals surface area contributed by atoms with E-state index in [0.717, 1.165) is 5.69 Å². The minimum absolute atomic E-state index is 0.268. The van der Waals surface area contributed by atoms with Crippen LogP contribution in [-0.2, 0) is 6.54 Å². The summed E-state index contributed by atoms with van der Waals surface area (Å²) in [6, 6.07) is 5.98. The van der Waals surface area contributed by atoms with Gasteiger partial charge < -0.3 is 5.73 Å². The molecule has 78 valence electrons. The molecular formula is C9H9FN4S. The standard InChI is InChI=1S/C9H9FN4S/c10-6-1-3-7(4-2-6)14-8(5-11)12-13-9(14)15/h1-4H,5,11H2,(H,13,15). The van der Waals surface area contributed by atoms with E-state index in [9.17, 15) is 4.39 Å². The van der Waals surface area contributed by atoms with E-state index in [2.05, 4.69) is 10.2 Å². The van der Waals surface area contributed by atoms with Crippen molar-refractivity contribution < 1.29 is 4.39 Å². The maximum Gasteiger partial charge on any atom is 0.199 e. The molecule has 0 saturated heterocycles. The highest BCUT2D eigenvalue weighted by Gasteiger charge is 2.05. The van der Waals surface area contributed by atoms with Crippen LogP contribution in [0.1, 0.15) is 5.82 Å². The van der Waals surface area contributed by atoms with Gasteiger partial charge in [0.1, 0.15) is 11.6 Å². The number of nitrogens with one attached hydrogen (secondary N) is 1. The molecule has 2 rings (SSSR count). The topological polar surface area (TPSA) is 59.6 Å². The van der Waals surface area contributed by atoms with Gasteiger partial charge in [-0.15, -0.1) is 0 Å². The molecule has 0 spiro atoms. The normalized spacial score (nSPS) is 10.5. The lowest BCUT2D eigenvalue weighted by Crippen LogP contribution is -2.06. The number of H-pyrrole nitrogens is 1. The highest BCUT2D eigenvalue weighted by molar-refractivity contribution is 7.71. The zero-order valence-electron chi connectivity index (χ0n) is 7.77. The van der Waals surface area contributed by atoms with Crippen LogP contribution in [0.4, 0.5) is 4.39 Å². The Hall–Kier alpha value is -1.53. The Morgan fingerprint density at radius 2 is 2.07 bits per heavy atom. The first kappa shape index (κ1) is 10.0. The van der Waals surface area contributed by atoms with Gasteiger partial charge in [0.05, 0.1) is 6.54 Å². The molecule has 0 aliphatic rings. The lowest BCUT2D eigenvalue weighted by Gasteiger charge is -2.04. The fraction of sp³-hybridized carbons (Fsp3) is 0.111. The first-order valence-corrected chi connectivity index (χ1v) is 4.75. The quantitative estimate of drug-likeness (QED) is 0.760. The van der Waals surface area contributed by atoms with E-state index in [1.165, 1.54) is 12.1 Å². The SMILES string of the molecule is NCc1n[nH]c(=S)n1-c1ccc(F)cc1. The van der Waals surface area contributed by atoms with Crippen LogP contribution in [0, 0.1) is 10.6 Å². The molecule has 0 atom stereocenters. The molecule has 6 heteroatoms. The van der Waals surface area contributed by atoms with E-state index in [1.54, 1.807) is 16.7 Å². The summed E-state index contributed by atoms with van der Waals surface area (Å²) in [4.78, 5) is 0. The Bertz CT molecular complexity index is 514. The largest absolute Gasteiger partial charge is 0.324 e. The number of rotatable bonds is 2. The number of nitrogens with two attached hydrogens (primary N) is 1. The summed E-state index contributed by atoms with van der Waals surface area (Å²) in [6.45, 7) is 0.268. The van der Waals surface area contributed by atoms with Crippen LogP contribution in [-0.4, -0.2) is 14.8 Å². The third-order valence-electron chi connectivity index (χ3n) is 2.01. The van der Waals surface area contributed by atoms with Crippen molar-refractivity contribution in [1.82, 2.24) is 14.8 Å². The minimum Gasteiger partial charge on any atom is -0.324 e. The van der Waals surface area contributed by atoms with Crippen molar-refractivity contribution in [3.05, 3.63) is 40.7 Å². The van der Waals surface area contributed by atoms with Crippen LogP contribution in [0.3, 0.4) is 0 Å². The maximum absolute atomic E-state index is 12.7. The van der Waals surface area contributed by atoms with Gasteiger partial charge >= 0.3 is 0 Å². The Kier molecular flexibility index (Phi) is 2.61. The van der Waals surface area contributed by atoms with E-state index in [0.29, 0.717) is 10.6 Å². The summed E-state index contributed by atoms with van der Waals surface area (Å²) in [7, 11) is 0. The van der Waals surface area contributed by atoms with Gasteiger partial charge in [-0.2, -0.15) is 5.10 Å². The molecule has 15 heavy (non-hydrogen) atoms. The van der Waals surface area contributed by atoms with Crippen LogP contribution < -0.4 is 5.73 Å². The van der Waals surface area contributed by atoms with Crippen molar-refractivity contribution in [1.29, 1.82) is 0 Å². The van der Waals surface area contributed by atoms with E-state index in [-0.39, 0.29) is 12.4 Å². The van der Waals surface area contributed by atoms with Crippen molar-refractivity contribution in [3.63, 3.8) is 0 Å². The molecule has 1 aromatic carbocycles. The molecule has 1 aromatic heterocycles. The lowest BCUT2D eigenvalue weighted by atomic mass is 10.3. The van der Waals surface area contributed by atoms with Gasteiger partial charge in [-0.05, 0) is 36.5 Å². The second-order valence-electron chi connectivity index (χ2n) is 2.96. The first-order valence-electron chi connectivity index (χ1n) is 4.34. The fourth-order valence-electron chi connectivity index (χ4n) is 1.32. The molecule has 0 bridgehead atoms. The number of benzene rings is 1. The zero-order chi connectivity index (χ0) is 10.8. The van der Waals surface area contributed by atoms with Gasteiger partial charge in [0.15, 0.2) is 4.77 Å². The van der Waals surface area contributed by atoms with Crippen molar-refractivity contribution in [2.24, 2.45) is 5.73 Å². The van der Waals surface area contributed by atoms with Crippen LogP contribution in [0.5, 0.6) is 0 Å². The number of nitrogens with zero attached hydrogens (tertiary/aromatic N) is 2. The van der Waals surface area contributed by atoms with E-state index < -0.39 is 0 Å². The molecule has 0 amide bonds. The van der Waals surface area contributed by atoms with Gasteiger partial charge in [-0.3, -0.25) is 9.67 Å². The number of aromatic nitrogens is 3. The number of hydrogen-bond donors (Lipinski definition) is 2. The highest BCUT2D eigenvalue weighted by Crippen LogP contribution is 2.11. The second kappa shape index (κ2) is 3.92. The average molecular weight is 224 g/mol. The molecule has 0 fully saturated rings. The Morgan fingerprint density at radius 1 is 1.40 bits per heavy atom. The van der Waals surface area contributed by atoms with Gasteiger partial charge in [0.25, 0.3) is 0 Å². The molecule has 0 unspecified atom stereocenters. The summed E-state index contributed by atoms with van der Waals surface area (Å²) in [5.74, 6) is 0.328. The number of halogens is 1. The summed E-state index contributed by atoms with van der Waals surface area (Å²) in [6.07, 6.45) is 0. The molecule has 0 saturated carbocycles.